The smallest absolute Gasteiger partial charge is 0.250 e. The monoisotopic (exact) mass is 300 g/mol. The summed E-state index contributed by atoms with van der Waals surface area (Å²) in [6.07, 6.45) is 2.37. The Morgan fingerprint density at radius 1 is 1.23 bits per heavy atom. The lowest BCUT2D eigenvalue weighted by molar-refractivity contribution is -0.122. The number of benzene rings is 1. The zero-order chi connectivity index (χ0) is 15.9. The van der Waals surface area contributed by atoms with E-state index in [1.54, 1.807) is 25.4 Å². The maximum absolute atomic E-state index is 12.1. The van der Waals surface area contributed by atoms with Crippen molar-refractivity contribution >= 4 is 5.91 Å². The normalized spacial score (nSPS) is 11.7. The molecule has 5 heteroatoms. The highest BCUT2D eigenvalue weighted by atomic mass is 16.5. The van der Waals surface area contributed by atoms with Gasteiger partial charge in [-0.1, -0.05) is 25.1 Å². The van der Waals surface area contributed by atoms with Crippen LogP contribution in [0, 0.1) is 0 Å². The maximum atomic E-state index is 12.1. The fraction of sp³-hybridized carbons (Fsp3) is 0.294. The third-order valence-corrected chi connectivity index (χ3v) is 3.47. The van der Waals surface area contributed by atoms with E-state index in [0.29, 0.717) is 0 Å². The topological polar surface area (TPSA) is 60.3 Å². The number of nitrogens with zero attached hydrogens (tertiary/aromatic N) is 1. The van der Waals surface area contributed by atoms with E-state index in [-0.39, 0.29) is 24.1 Å². The van der Waals surface area contributed by atoms with Crippen LogP contribution in [0.4, 0.5) is 0 Å². The Hall–Kier alpha value is -2.56. The van der Waals surface area contributed by atoms with E-state index in [1.807, 2.05) is 31.2 Å². The first-order valence-electron chi connectivity index (χ1n) is 7.22. The summed E-state index contributed by atoms with van der Waals surface area (Å²) in [4.78, 5) is 23.8. The number of aromatic nitrogens is 1. The van der Waals surface area contributed by atoms with Crippen LogP contribution in [0.25, 0.3) is 0 Å². The van der Waals surface area contributed by atoms with Crippen molar-refractivity contribution in [1.29, 1.82) is 0 Å². The van der Waals surface area contributed by atoms with E-state index in [2.05, 4.69) is 5.32 Å². The first-order valence-corrected chi connectivity index (χ1v) is 7.22. The highest BCUT2D eigenvalue weighted by Gasteiger charge is 2.13. The number of nitrogens with one attached hydrogen (secondary N) is 1. The molecule has 116 valence electrons. The molecule has 0 radical (unpaired) electrons. The third-order valence-electron chi connectivity index (χ3n) is 3.47. The number of rotatable bonds is 6. The molecule has 0 bridgehead atoms. The Kier molecular flexibility index (Phi) is 5.36. The summed E-state index contributed by atoms with van der Waals surface area (Å²) < 4.78 is 6.52. The van der Waals surface area contributed by atoms with Gasteiger partial charge in [-0.2, -0.15) is 0 Å². The highest BCUT2D eigenvalue weighted by Crippen LogP contribution is 2.19. The fourth-order valence-electron chi connectivity index (χ4n) is 2.24. The zero-order valence-electron chi connectivity index (χ0n) is 12.8. The Morgan fingerprint density at radius 2 is 1.95 bits per heavy atom. The predicted octanol–water partition coefficient (Wildman–Crippen LogP) is 2.12. The van der Waals surface area contributed by atoms with Crippen molar-refractivity contribution in [3.63, 3.8) is 0 Å². The Balaban J connectivity index is 2.04. The molecule has 0 spiro atoms. The number of pyridine rings is 1. The lowest BCUT2D eigenvalue weighted by Crippen LogP contribution is -2.34. The van der Waals surface area contributed by atoms with E-state index < -0.39 is 0 Å². The van der Waals surface area contributed by atoms with Crippen LogP contribution >= 0.6 is 0 Å². The van der Waals surface area contributed by atoms with Crippen LogP contribution < -0.4 is 15.6 Å². The van der Waals surface area contributed by atoms with Crippen LogP contribution in [-0.2, 0) is 11.3 Å². The summed E-state index contributed by atoms with van der Waals surface area (Å²) >= 11 is 0. The van der Waals surface area contributed by atoms with Crippen LogP contribution in [0.1, 0.15) is 24.9 Å². The summed E-state index contributed by atoms with van der Waals surface area (Å²) in [6.45, 7) is 2.02. The summed E-state index contributed by atoms with van der Waals surface area (Å²) in [5, 5.41) is 2.96. The van der Waals surface area contributed by atoms with Crippen LogP contribution in [0.5, 0.6) is 5.75 Å². The molecule has 1 atom stereocenters. The van der Waals surface area contributed by atoms with Gasteiger partial charge in [0.05, 0.1) is 13.2 Å². The number of hydrogen-bond donors (Lipinski definition) is 1. The second-order valence-corrected chi connectivity index (χ2v) is 4.97. The van der Waals surface area contributed by atoms with Crippen LogP contribution in [-0.4, -0.2) is 17.6 Å². The number of methoxy groups -OCH3 is 1. The largest absolute Gasteiger partial charge is 0.497 e. The lowest BCUT2D eigenvalue weighted by Gasteiger charge is -2.18. The van der Waals surface area contributed by atoms with Crippen molar-refractivity contribution in [2.75, 3.05) is 7.11 Å². The summed E-state index contributed by atoms with van der Waals surface area (Å²) in [5.41, 5.74) is 0.826. The molecular weight excluding hydrogens is 280 g/mol. The number of carbonyl (C=O) groups is 1. The number of ether oxygens (including phenoxy) is 1. The molecule has 1 aromatic carbocycles. The molecular formula is C17H20N2O3. The molecule has 0 fully saturated rings. The van der Waals surface area contributed by atoms with Gasteiger partial charge in [0.2, 0.25) is 5.91 Å². The van der Waals surface area contributed by atoms with Gasteiger partial charge in [-0.25, -0.2) is 0 Å². The van der Waals surface area contributed by atoms with E-state index in [1.165, 1.54) is 10.6 Å². The predicted molar refractivity (Wildman–Crippen MR) is 84.9 cm³/mol. The minimum atomic E-state index is -0.185. The van der Waals surface area contributed by atoms with Crippen molar-refractivity contribution in [3.05, 3.63) is 64.6 Å². The average molecular weight is 300 g/mol. The van der Waals surface area contributed by atoms with Gasteiger partial charge in [0.1, 0.15) is 12.3 Å². The Bertz CT molecular complexity index is 677. The van der Waals surface area contributed by atoms with Crippen molar-refractivity contribution in [2.24, 2.45) is 0 Å². The second kappa shape index (κ2) is 7.45. The lowest BCUT2D eigenvalue weighted by atomic mass is 10.0. The molecule has 2 rings (SSSR count). The van der Waals surface area contributed by atoms with E-state index in [0.717, 1.165) is 17.7 Å². The Morgan fingerprint density at radius 3 is 2.55 bits per heavy atom. The molecule has 1 aromatic heterocycles. The number of carbonyl (C=O) groups excluding carboxylic acids is 1. The van der Waals surface area contributed by atoms with Crippen molar-refractivity contribution in [2.45, 2.75) is 25.9 Å². The highest BCUT2D eigenvalue weighted by molar-refractivity contribution is 5.76. The van der Waals surface area contributed by atoms with Crippen molar-refractivity contribution in [1.82, 2.24) is 9.88 Å². The fourth-order valence-corrected chi connectivity index (χ4v) is 2.24. The minimum absolute atomic E-state index is 0.0202. The van der Waals surface area contributed by atoms with E-state index >= 15 is 0 Å². The molecule has 0 unspecified atom stereocenters. The minimum Gasteiger partial charge on any atom is -0.497 e. The van der Waals surface area contributed by atoms with Crippen LogP contribution in [0.3, 0.4) is 0 Å². The number of amides is 1. The molecule has 0 aliphatic rings. The average Bonchev–Trinajstić information content (AvgIpc) is 2.55. The Labute approximate surface area is 129 Å². The first kappa shape index (κ1) is 15.8. The zero-order valence-corrected chi connectivity index (χ0v) is 12.8. The molecule has 1 heterocycles. The van der Waals surface area contributed by atoms with Crippen LogP contribution in [0.15, 0.2) is 53.5 Å². The van der Waals surface area contributed by atoms with Gasteiger partial charge >= 0.3 is 0 Å². The number of hydrogen-bond acceptors (Lipinski definition) is 3. The first-order chi connectivity index (χ1) is 10.6. The molecule has 1 N–H and O–H groups in total. The molecule has 0 aliphatic heterocycles. The second-order valence-electron chi connectivity index (χ2n) is 4.97. The van der Waals surface area contributed by atoms with Gasteiger partial charge in [-0.3, -0.25) is 9.59 Å². The summed E-state index contributed by atoms with van der Waals surface area (Å²) in [6, 6.07) is 12.3. The van der Waals surface area contributed by atoms with Crippen molar-refractivity contribution in [3.8, 4) is 5.75 Å². The molecule has 22 heavy (non-hydrogen) atoms. The maximum Gasteiger partial charge on any atom is 0.250 e. The van der Waals surface area contributed by atoms with E-state index in [9.17, 15) is 9.59 Å². The third kappa shape index (κ3) is 3.97. The van der Waals surface area contributed by atoms with Gasteiger partial charge < -0.3 is 14.6 Å². The van der Waals surface area contributed by atoms with E-state index in [4.69, 9.17) is 4.74 Å². The molecule has 0 aliphatic carbocycles. The van der Waals surface area contributed by atoms with Gasteiger partial charge in [0.15, 0.2) is 0 Å². The summed E-state index contributed by atoms with van der Waals surface area (Å²) in [5.74, 6) is 0.594. The van der Waals surface area contributed by atoms with Crippen LogP contribution in [0.2, 0.25) is 0 Å². The van der Waals surface area contributed by atoms with Gasteiger partial charge in [-0.05, 0) is 30.2 Å². The molecule has 0 saturated carbocycles. The van der Waals surface area contributed by atoms with Crippen molar-refractivity contribution < 1.29 is 9.53 Å². The molecule has 0 saturated heterocycles. The summed E-state index contributed by atoms with van der Waals surface area (Å²) in [7, 11) is 1.62. The van der Waals surface area contributed by atoms with Gasteiger partial charge in [-0.15, -0.1) is 0 Å². The standard InChI is InChI=1S/C17H20N2O3/c1-3-15(13-7-9-14(22-2)10-8-13)18-16(20)12-19-11-5-4-6-17(19)21/h4-11,15H,3,12H2,1-2H3,(H,18,20)/t15-/m0/s1. The van der Waals surface area contributed by atoms with Gasteiger partial charge in [0, 0.05) is 12.3 Å². The van der Waals surface area contributed by atoms with Gasteiger partial charge in [0.25, 0.3) is 5.56 Å². The SMILES string of the molecule is CC[C@H](NC(=O)Cn1ccccc1=O)c1ccc(OC)cc1. The molecule has 5 nitrogen and oxygen atoms in total. The molecule has 1 amide bonds. The molecule has 2 aromatic rings. The quantitative estimate of drug-likeness (QED) is 0.889.